The number of nitrogens with zero attached hydrogens (tertiary/aromatic N) is 2. The van der Waals surface area contributed by atoms with Crippen LogP contribution in [0.5, 0.6) is 0 Å². The first kappa shape index (κ1) is 16.7. The van der Waals surface area contributed by atoms with Gasteiger partial charge >= 0.3 is 0 Å². The van der Waals surface area contributed by atoms with Gasteiger partial charge in [-0.05, 0) is 33.7 Å². The van der Waals surface area contributed by atoms with Crippen molar-refractivity contribution in [3.05, 3.63) is 10.6 Å². The van der Waals surface area contributed by atoms with E-state index in [0.717, 1.165) is 23.8 Å². The number of sulfone groups is 1. The summed E-state index contributed by atoms with van der Waals surface area (Å²) >= 11 is 1.69. The molecule has 2 unspecified atom stereocenters. The van der Waals surface area contributed by atoms with Crippen molar-refractivity contribution in [2.45, 2.75) is 46.2 Å². The Morgan fingerprint density at radius 1 is 1.52 bits per heavy atom. The summed E-state index contributed by atoms with van der Waals surface area (Å²) in [5.41, 5.74) is 1.05. The highest BCUT2D eigenvalue weighted by molar-refractivity contribution is 7.91. The van der Waals surface area contributed by atoms with Crippen molar-refractivity contribution in [1.29, 1.82) is 0 Å². The standard InChI is InChI=1S/C14H25N3O2S2/c1-5-6-15-11(3)13-12(4)16-14(20-13)17-7-8-21(18,19)9-10(17)2/h10-11,15H,5-9H2,1-4H3. The normalized spacial score (nSPS) is 23.2. The molecule has 0 amide bonds. The first-order valence-corrected chi connectivity index (χ1v) is 10.2. The summed E-state index contributed by atoms with van der Waals surface area (Å²) in [4.78, 5) is 8.05. The number of aromatic nitrogens is 1. The van der Waals surface area contributed by atoms with Crippen molar-refractivity contribution in [2.75, 3.05) is 29.5 Å². The van der Waals surface area contributed by atoms with Crippen LogP contribution in [0.4, 0.5) is 5.13 Å². The maximum Gasteiger partial charge on any atom is 0.186 e. The number of aryl methyl sites for hydroxylation is 1. The highest BCUT2D eigenvalue weighted by Crippen LogP contribution is 2.32. The molecule has 2 heterocycles. The molecule has 0 bridgehead atoms. The molecule has 1 aliphatic rings. The van der Waals surface area contributed by atoms with Crippen LogP contribution in [0.3, 0.4) is 0 Å². The quantitative estimate of drug-likeness (QED) is 0.895. The first-order valence-electron chi connectivity index (χ1n) is 7.52. The van der Waals surface area contributed by atoms with E-state index < -0.39 is 9.84 Å². The summed E-state index contributed by atoms with van der Waals surface area (Å²) in [5.74, 6) is 0.458. The van der Waals surface area contributed by atoms with Gasteiger partial charge < -0.3 is 10.2 Å². The predicted molar refractivity (Wildman–Crippen MR) is 89.0 cm³/mol. The van der Waals surface area contributed by atoms with Gasteiger partial charge in [-0.15, -0.1) is 11.3 Å². The van der Waals surface area contributed by atoms with Gasteiger partial charge in [-0.3, -0.25) is 0 Å². The van der Waals surface area contributed by atoms with Crippen LogP contribution in [0.15, 0.2) is 0 Å². The zero-order chi connectivity index (χ0) is 15.6. The molecule has 0 aromatic carbocycles. The van der Waals surface area contributed by atoms with Crippen molar-refractivity contribution < 1.29 is 8.42 Å². The zero-order valence-electron chi connectivity index (χ0n) is 13.2. The lowest BCUT2D eigenvalue weighted by molar-refractivity contribution is 0.568. The lowest BCUT2D eigenvalue weighted by Crippen LogP contribution is -2.47. The molecule has 0 aliphatic carbocycles. The second kappa shape index (κ2) is 6.62. The van der Waals surface area contributed by atoms with E-state index in [-0.39, 0.29) is 17.5 Å². The van der Waals surface area contributed by atoms with Gasteiger partial charge in [-0.1, -0.05) is 6.92 Å². The molecule has 1 saturated heterocycles. The molecule has 1 aromatic heterocycles. The average molecular weight is 332 g/mol. The summed E-state index contributed by atoms with van der Waals surface area (Å²) in [7, 11) is -2.88. The van der Waals surface area contributed by atoms with Crippen molar-refractivity contribution in [3.8, 4) is 0 Å². The molecular weight excluding hydrogens is 306 g/mol. The Morgan fingerprint density at radius 3 is 2.86 bits per heavy atom. The molecule has 2 atom stereocenters. The second-order valence-corrected chi connectivity index (χ2v) is 9.02. The lowest BCUT2D eigenvalue weighted by atomic mass is 10.2. The number of hydrogen-bond acceptors (Lipinski definition) is 6. The molecule has 7 heteroatoms. The fourth-order valence-electron chi connectivity index (χ4n) is 2.65. The molecule has 1 aromatic rings. The van der Waals surface area contributed by atoms with E-state index in [9.17, 15) is 8.42 Å². The summed E-state index contributed by atoms with van der Waals surface area (Å²) < 4.78 is 23.4. The summed E-state index contributed by atoms with van der Waals surface area (Å²) in [6.45, 7) is 9.85. The molecule has 0 radical (unpaired) electrons. The largest absolute Gasteiger partial charge is 0.343 e. The number of rotatable bonds is 5. The third-order valence-corrected chi connectivity index (χ3v) is 7.00. The highest BCUT2D eigenvalue weighted by Gasteiger charge is 2.30. The van der Waals surface area contributed by atoms with Gasteiger partial charge in [0, 0.05) is 23.5 Å². The summed E-state index contributed by atoms with van der Waals surface area (Å²) in [6.07, 6.45) is 1.11. The monoisotopic (exact) mass is 331 g/mol. The van der Waals surface area contributed by atoms with Crippen LogP contribution in [-0.2, 0) is 9.84 Å². The van der Waals surface area contributed by atoms with Crippen LogP contribution in [0, 0.1) is 6.92 Å². The Balaban J connectivity index is 2.15. The molecule has 1 fully saturated rings. The van der Waals surface area contributed by atoms with E-state index in [0.29, 0.717) is 12.6 Å². The average Bonchev–Trinajstić information content (AvgIpc) is 2.76. The van der Waals surface area contributed by atoms with Crippen LogP contribution in [-0.4, -0.2) is 44.0 Å². The van der Waals surface area contributed by atoms with Crippen molar-refractivity contribution >= 4 is 26.3 Å². The molecule has 1 aliphatic heterocycles. The molecule has 2 rings (SSSR count). The van der Waals surface area contributed by atoms with Gasteiger partial charge in [-0.2, -0.15) is 0 Å². The smallest absolute Gasteiger partial charge is 0.186 e. The Morgan fingerprint density at radius 2 is 2.24 bits per heavy atom. The van der Waals surface area contributed by atoms with Crippen LogP contribution < -0.4 is 10.2 Å². The molecule has 21 heavy (non-hydrogen) atoms. The van der Waals surface area contributed by atoms with Gasteiger partial charge in [0.1, 0.15) is 0 Å². The minimum absolute atomic E-state index is 0.000979. The third-order valence-electron chi connectivity index (χ3n) is 3.83. The van der Waals surface area contributed by atoms with Gasteiger partial charge in [0.15, 0.2) is 15.0 Å². The van der Waals surface area contributed by atoms with Gasteiger partial charge in [0.05, 0.1) is 17.2 Å². The van der Waals surface area contributed by atoms with Crippen LogP contribution in [0.1, 0.15) is 43.8 Å². The van der Waals surface area contributed by atoms with Crippen molar-refractivity contribution in [2.24, 2.45) is 0 Å². The minimum Gasteiger partial charge on any atom is -0.343 e. The number of anilines is 1. The Kier molecular flexibility index (Phi) is 5.27. The van der Waals surface area contributed by atoms with Crippen LogP contribution >= 0.6 is 11.3 Å². The lowest BCUT2D eigenvalue weighted by Gasteiger charge is -2.32. The summed E-state index contributed by atoms with van der Waals surface area (Å²) in [5, 5.41) is 4.44. The molecule has 5 nitrogen and oxygen atoms in total. The third kappa shape index (κ3) is 3.96. The fraction of sp³-hybridized carbons (Fsp3) is 0.786. The maximum absolute atomic E-state index is 11.7. The van der Waals surface area contributed by atoms with Gasteiger partial charge in [0.25, 0.3) is 0 Å². The Hall–Kier alpha value is -0.660. The van der Waals surface area contributed by atoms with E-state index >= 15 is 0 Å². The van der Waals surface area contributed by atoms with Crippen molar-refractivity contribution in [1.82, 2.24) is 10.3 Å². The second-order valence-electron chi connectivity index (χ2n) is 5.78. The summed E-state index contributed by atoms with van der Waals surface area (Å²) in [6, 6.07) is 0.293. The van der Waals surface area contributed by atoms with E-state index in [2.05, 4.69) is 29.0 Å². The van der Waals surface area contributed by atoms with E-state index in [4.69, 9.17) is 0 Å². The minimum atomic E-state index is -2.88. The molecule has 120 valence electrons. The first-order chi connectivity index (χ1) is 9.84. The van der Waals surface area contributed by atoms with E-state index in [1.54, 1.807) is 11.3 Å². The number of hydrogen-bond donors (Lipinski definition) is 1. The van der Waals surface area contributed by atoms with E-state index in [1.807, 2.05) is 13.8 Å². The Bertz CT molecular complexity index is 583. The number of thiazole rings is 1. The molecule has 0 spiro atoms. The zero-order valence-corrected chi connectivity index (χ0v) is 14.9. The molecule has 1 N–H and O–H groups in total. The van der Waals surface area contributed by atoms with Gasteiger partial charge in [-0.25, -0.2) is 13.4 Å². The Labute approximate surface area is 131 Å². The van der Waals surface area contributed by atoms with Crippen LogP contribution in [0.2, 0.25) is 0 Å². The fourth-order valence-corrected chi connectivity index (χ4v) is 5.43. The predicted octanol–water partition coefficient (Wildman–Crippen LogP) is 2.14. The van der Waals surface area contributed by atoms with Crippen LogP contribution in [0.25, 0.3) is 0 Å². The topological polar surface area (TPSA) is 62.3 Å². The number of nitrogens with one attached hydrogen (secondary N) is 1. The molecule has 0 saturated carbocycles. The van der Waals surface area contributed by atoms with E-state index in [1.165, 1.54) is 4.88 Å². The molecular formula is C14H25N3O2S2. The SMILES string of the molecule is CCCNC(C)c1sc(N2CCS(=O)(=O)CC2C)nc1C. The highest BCUT2D eigenvalue weighted by atomic mass is 32.2. The maximum atomic E-state index is 11.7. The van der Waals surface area contributed by atoms with Crippen molar-refractivity contribution in [3.63, 3.8) is 0 Å². The van der Waals surface area contributed by atoms with Gasteiger partial charge in [0.2, 0.25) is 0 Å².